The molecule has 2 heteroatoms. The number of hydrogen-bond acceptors (Lipinski definition) is 2. The van der Waals surface area contributed by atoms with Crippen LogP contribution in [-0.2, 0) is 6.42 Å². The number of benzene rings is 2. The molecular formula is C21H27NO. The van der Waals surface area contributed by atoms with E-state index in [1.165, 1.54) is 42.4 Å². The molecule has 1 aliphatic rings. The fourth-order valence-electron chi connectivity index (χ4n) is 3.28. The van der Waals surface area contributed by atoms with Crippen LogP contribution in [0.15, 0.2) is 48.5 Å². The first kappa shape index (κ1) is 16.1. The second kappa shape index (κ2) is 8.16. The van der Waals surface area contributed by atoms with Gasteiger partial charge in [0.05, 0.1) is 0 Å². The summed E-state index contributed by atoms with van der Waals surface area (Å²) in [6.07, 6.45) is 6.26. The number of ether oxygens (including phenoxy) is 1. The van der Waals surface area contributed by atoms with Gasteiger partial charge in [-0.25, -0.2) is 0 Å². The number of rotatable bonds is 7. The van der Waals surface area contributed by atoms with Crippen molar-refractivity contribution >= 4 is 0 Å². The van der Waals surface area contributed by atoms with E-state index in [1.807, 2.05) is 0 Å². The zero-order valence-corrected chi connectivity index (χ0v) is 14.1. The van der Waals surface area contributed by atoms with Gasteiger partial charge >= 0.3 is 0 Å². The van der Waals surface area contributed by atoms with Gasteiger partial charge in [-0.3, -0.25) is 0 Å². The zero-order chi connectivity index (χ0) is 15.9. The van der Waals surface area contributed by atoms with Crippen molar-refractivity contribution in [3.8, 4) is 16.9 Å². The van der Waals surface area contributed by atoms with Gasteiger partial charge in [-0.05, 0) is 36.6 Å². The third-order valence-corrected chi connectivity index (χ3v) is 4.57. The van der Waals surface area contributed by atoms with Crippen molar-refractivity contribution in [1.29, 1.82) is 0 Å². The molecule has 0 aliphatic carbocycles. The lowest BCUT2D eigenvalue weighted by Crippen LogP contribution is -2.39. The summed E-state index contributed by atoms with van der Waals surface area (Å²) in [5.41, 5.74) is 3.92. The average Bonchev–Trinajstić information content (AvgIpc) is 2.62. The molecule has 0 spiro atoms. The Morgan fingerprint density at radius 1 is 1.00 bits per heavy atom. The molecule has 2 aromatic rings. The van der Waals surface area contributed by atoms with E-state index in [-0.39, 0.29) is 0 Å². The summed E-state index contributed by atoms with van der Waals surface area (Å²) in [4.78, 5) is 0. The van der Waals surface area contributed by atoms with Gasteiger partial charge < -0.3 is 10.1 Å². The summed E-state index contributed by atoms with van der Waals surface area (Å²) in [6, 6.07) is 17.4. The van der Waals surface area contributed by atoms with Gasteiger partial charge in [-0.1, -0.05) is 68.7 Å². The summed E-state index contributed by atoms with van der Waals surface area (Å²) in [5.74, 6) is 1.05. The summed E-state index contributed by atoms with van der Waals surface area (Å²) in [5, 5.41) is 3.68. The second-order valence-corrected chi connectivity index (χ2v) is 6.38. The van der Waals surface area contributed by atoms with E-state index < -0.39 is 0 Å². The molecule has 1 heterocycles. The van der Waals surface area contributed by atoms with Crippen molar-refractivity contribution in [2.45, 2.75) is 45.1 Å². The minimum absolute atomic E-state index is 0.425. The van der Waals surface area contributed by atoms with Crippen molar-refractivity contribution in [3.05, 3.63) is 54.1 Å². The summed E-state index contributed by atoms with van der Waals surface area (Å²) >= 11 is 0. The lowest BCUT2D eigenvalue weighted by atomic mass is 9.93. The maximum atomic E-state index is 6.01. The average molecular weight is 309 g/mol. The summed E-state index contributed by atoms with van der Waals surface area (Å²) in [6.45, 7) is 4.13. The van der Waals surface area contributed by atoms with Crippen LogP contribution in [0.4, 0.5) is 0 Å². The predicted molar refractivity (Wildman–Crippen MR) is 97.0 cm³/mol. The van der Waals surface area contributed by atoms with Crippen LogP contribution >= 0.6 is 0 Å². The second-order valence-electron chi connectivity index (χ2n) is 6.38. The van der Waals surface area contributed by atoms with Gasteiger partial charge in [-0.15, -0.1) is 0 Å². The first-order valence-corrected chi connectivity index (χ1v) is 8.92. The molecule has 1 unspecified atom stereocenters. The van der Waals surface area contributed by atoms with Crippen molar-refractivity contribution in [2.75, 3.05) is 13.2 Å². The van der Waals surface area contributed by atoms with Crippen LogP contribution in [0.2, 0.25) is 0 Å². The van der Waals surface area contributed by atoms with Crippen LogP contribution in [0.1, 0.15) is 38.2 Å². The van der Waals surface area contributed by atoms with Gasteiger partial charge in [0.25, 0.3) is 0 Å². The molecule has 0 bridgehead atoms. The quantitative estimate of drug-likeness (QED) is 0.740. The molecule has 122 valence electrons. The van der Waals surface area contributed by atoms with Crippen LogP contribution in [0.25, 0.3) is 11.1 Å². The van der Waals surface area contributed by atoms with Crippen LogP contribution in [0.5, 0.6) is 5.75 Å². The van der Waals surface area contributed by atoms with E-state index in [9.17, 15) is 0 Å². The molecule has 2 nitrogen and oxygen atoms in total. The highest BCUT2D eigenvalue weighted by atomic mass is 16.5. The third kappa shape index (κ3) is 4.14. The molecular weight excluding hydrogens is 282 g/mol. The van der Waals surface area contributed by atoms with Crippen molar-refractivity contribution in [3.63, 3.8) is 0 Å². The van der Waals surface area contributed by atoms with Crippen molar-refractivity contribution in [2.24, 2.45) is 0 Å². The number of nitrogens with one attached hydrogen (secondary N) is 1. The molecule has 0 saturated carbocycles. The van der Waals surface area contributed by atoms with Gasteiger partial charge in [0.1, 0.15) is 12.4 Å². The molecule has 23 heavy (non-hydrogen) atoms. The van der Waals surface area contributed by atoms with Crippen LogP contribution < -0.4 is 10.1 Å². The first-order chi connectivity index (χ1) is 11.4. The Labute approximate surface area is 139 Å². The molecule has 0 aromatic heterocycles. The molecule has 0 fully saturated rings. The Kier molecular flexibility index (Phi) is 5.71. The SMILES string of the molecule is CCCCCCNC1COc2cccc(-c3ccccc3)c2C1. The first-order valence-electron chi connectivity index (χ1n) is 8.92. The topological polar surface area (TPSA) is 21.3 Å². The normalized spacial score (nSPS) is 16.7. The molecule has 3 rings (SSSR count). The van der Waals surface area contributed by atoms with Crippen LogP contribution in [-0.4, -0.2) is 19.2 Å². The summed E-state index contributed by atoms with van der Waals surface area (Å²) < 4.78 is 6.01. The summed E-state index contributed by atoms with van der Waals surface area (Å²) in [7, 11) is 0. The van der Waals surface area contributed by atoms with Gasteiger partial charge in [0.15, 0.2) is 0 Å². The van der Waals surface area contributed by atoms with E-state index in [2.05, 4.69) is 60.8 Å². The van der Waals surface area contributed by atoms with Crippen molar-refractivity contribution < 1.29 is 4.74 Å². The van der Waals surface area contributed by atoms with Gasteiger partial charge in [0.2, 0.25) is 0 Å². The lowest BCUT2D eigenvalue weighted by molar-refractivity contribution is 0.239. The van der Waals surface area contributed by atoms with Crippen molar-refractivity contribution in [1.82, 2.24) is 5.32 Å². The third-order valence-electron chi connectivity index (χ3n) is 4.57. The Morgan fingerprint density at radius 3 is 2.70 bits per heavy atom. The highest BCUT2D eigenvalue weighted by Gasteiger charge is 2.22. The minimum atomic E-state index is 0.425. The highest BCUT2D eigenvalue weighted by Crippen LogP contribution is 2.34. The molecule has 0 radical (unpaired) electrons. The molecule has 2 aromatic carbocycles. The highest BCUT2D eigenvalue weighted by molar-refractivity contribution is 5.70. The van der Waals surface area contributed by atoms with Gasteiger partial charge in [0, 0.05) is 11.6 Å². The fourth-order valence-corrected chi connectivity index (χ4v) is 3.28. The fraction of sp³-hybridized carbons (Fsp3) is 0.429. The predicted octanol–water partition coefficient (Wildman–Crippen LogP) is 4.83. The van der Waals surface area contributed by atoms with E-state index >= 15 is 0 Å². The standard InChI is InChI=1S/C21H27NO/c1-2-3-4-8-14-22-18-15-20-19(17-10-6-5-7-11-17)12-9-13-21(20)23-16-18/h5-7,9-13,18,22H,2-4,8,14-16H2,1H3. The molecule has 1 N–H and O–H groups in total. The smallest absolute Gasteiger partial charge is 0.123 e. The molecule has 0 amide bonds. The minimum Gasteiger partial charge on any atom is -0.492 e. The number of fused-ring (bicyclic) bond motifs is 1. The Balaban J connectivity index is 1.67. The molecule has 0 saturated heterocycles. The maximum absolute atomic E-state index is 6.01. The van der Waals surface area contributed by atoms with E-state index in [0.717, 1.165) is 25.3 Å². The van der Waals surface area contributed by atoms with E-state index in [0.29, 0.717) is 6.04 Å². The van der Waals surface area contributed by atoms with E-state index in [1.54, 1.807) is 0 Å². The lowest BCUT2D eigenvalue weighted by Gasteiger charge is -2.28. The Morgan fingerprint density at radius 2 is 1.87 bits per heavy atom. The van der Waals surface area contributed by atoms with Crippen LogP contribution in [0, 0.1) is 0 Å². The van der Waals surface area contributed by atoms with Crippen LogP contribution in [0.3, 0.4) is 0 Å². The van der Waals surface area contributed by atoms with Gasteiger partial charge in [-0.2, -0.15) is 0 Å². The molecule has 1 atom stereocenters. The Bertz CT molecular complexity index is 608. The monoisotopic (exact) mass is 309 g/mol. The molecule has 1 aliphatic heterocycles. The number of hydrogen-bond donors (Lipinski definition) is 1. The Hall–Kier alpha value is -1.80. The number of unbranched alkanes of at least 4 members (excludes halogenated alkanes) is 3. The van der Waals surface area contributed by atoms with E-state index in [4.69, 9.17) is 4.74 Å². The largest absolute Gasteiger partial charge is 0.492 e. The maximum Gasteiger partial charge on any atom is 0.123 e. The zero-order valence-electron chi connectivity index (χ0n) is 14.1.